The molecule has 0 atom stereocenters. The Bertz CT molecular complexity index is 415. The summed E-state index contributed by atoms with van der Waals surface area (Å²) < 4.78 is 15.7. The second kappa shape index (κ2) is 9.23. The van der Waals surface area contributed by atoms with Gasteiger partial charge in [-0.2, -0.15) is 0 Å². The number of hydrogen-bond donors (Lipinski definition) is 0. The number of benzene rings is 1. The average Bonchev–Trinajstić information content (AvgIpc) is 2.49. The third kappa shape index (κ3) is 5.51. The van der Waals surface area contributed by atoms with Crippen molar-refractivity contribution < 1.29 is 19.0 Å². The normalized spacial score (nSPS) is 10.2. The number of hydrogen-bond acceptors (Lipinski definition) is 4. The lowest BCUT2D eigenvalue weighted by Crippen LogP contribution is -2.03. The number of esters is 1. The monoisotopic (exact) mass is 280 g/mol. The zero-order valence-corrected chi connectivity index (χ0v) is 12.6. The summed E-state index contributed by atoms with van der Waals surface area (Å²) in [7, 11) is 3.02. The first-order valence-corrected chi connectivity index (χ1v) is 7.07. The summed E-state index contributed by atoms with van der Waals surface area (Å²) >= 11 is 0. The van der Waals surface area contributed by atoms with Crippen LogP contribution in [-0.2, 0) is 16.0 Å². The maximum Gasteiger partial charge on any atom is 0.305 e. The highest BCUT2D eigenvalue weighted by molar-refractivity contribution is 5.69. The summed E-state index contributed by atoms with van der Waals surface area (Å²) in [6.45, 7) is 2.86. The van der Waals surface area contributed by atoms with Crippen LogP contribution in [0, 0.1) is 0 Å². The van der Waals surface area contributed by atoms with Gasteiger partial charge in [0.05, 0.1) is 20.8 Å². The van der Waals surface area contributed by atoms with Crippen molar-refractivity contribution >= 4 is 5.97 Å². The van der Waals surface area contributed by atoms with Crippen molar-refractivity contribution in [2.45, 2.75) is 39.0 Å². The Balaban J connectivity index is 2.58. The Morgan fingerprint density at radius 3 is 2.60 bits per heavy atom. The Morgan fingerprint density at radius 1 is 1.15 bits per heavy atom. The van der Waals surface area contributed by atoms with E-state index in [-0.39, 0.29) is 5.97 Å². The molecule has 4 heteroatoms. The van der Waals surface area contributed by atoms with Crippen molar-refractivity contribution in [3.8, 4) is 11.5 Å². The van der Waals surface area contributed by atoms with E-state index in [1.165, 1.54) is 20.0 Å². The van der Waals surface area contributed by atoms with Crippen molar-refractivity contribution in [3.63, 3.8) is 0 Å². The van der Waals surface area contributed by atoms with Crippen LogP contribution in [-0.4, -0.2) is 26.8 Å². The van der Waals surface area contributed by atoms with Gasteiger partial charge in [-0.05, 0) is 30.5 Å². The number of carbonyl (C=O) groups excluding carboxylic acids is 1. The summed E-state index contributed by atoms with van der Waals surface area (Å²) in [4.78, 5) is 11.1. The van der Waals surface area contributed by atoms with Crippen LogP contribution in [0.5, 0.6) is 11.5 Å². The SMILES string of the molecule is CCCCCOc1ccc(CCC(=O)OC)cc1OC. The molecule has 4 nitrogen and oxygen atoms in total. The largest absolute Gasteiger partial charge is 0.493 e. The fraction of sp³-hybridized carbons (Fsp3) is 0.562. The van der Waals surface area contributed by atoms with Crippen LogP contribution < -0.4 is 9.47 Å². The smallest absolute Gasteiger partial charge is 0.305 e. The minimum absolute atomic E-state index is 0.205. The third-order valence-corrected chi connectivity index (χ3v) is 3.08. The van der Waals surface area contributed by atoms with Gasteiger partial charge in [-0.15, -0.1) is 0 Å². The first kappa shape index (κ1) is 16.3. The quantitative estimate of drug-likeness (QED) is 0.514. The molecule has 0 bridgehead atoms. The van der Waals surface area contributed by atoms with Crippen molar-refractivity contribution in [2.75, 3.05) is 20.8 Å². The molecule has 0 unspecified atom stereocenters. The number of carbonyl (C=O) groups is 1. The van der Waals surface area contributed by atoms with Crippen molar-refractivity contribution in [3.05, 3.63) is 23.8 Å². The Morgan fingerprint density at radius 2 is 1.95 bits per heavy atom. The van der Waals surface area contributed by atoms with E-state index in [0.717, 1.165) is 17.7 Å². The fourth-order valence-corrected chi connectivity index (χ4v) is 1.87. The topological polar surface area (TPSA) is 44.8 Å². The molecule has 20 heavy (non-hydrogen) atoms. The van der Waals surface area contributed by atoms with Crippen LogP contribution in [0.4, 0.5) is 0 Å². The Labute approximate surface area is 121 Å². The van der Waals surface area contributed by atoms with Crippen LogP contribution in [0.25, 0.3) is 0 Å². The summed E-state index contributed by atoms with van der Waals surface area (Å²) in [5.41, 5.74) is 1.04. The van der Waals surface area contributed by atoms with E-state index in [1.807, 2.05) is 18.2 Å². The van der Waals surface area contributed by atoms with Gasteiger partial charge < -0.3 is 14.2 Å². The number of aryl methyl sites for hydroxylation is 1. The van der Waals surface area contributed by atoms with E-state index in [0.29, 0.717) is 25.2 Å². The van der Waals surface area contributed by atoms with Crippen molar-refractivity contribution in [2.24, 2.45) is 0 Å². The molecule has 0 aliphatic rings. The molecule has 0 saturated heterocycles. The standard InChI is InChI=1S/C16H24O4/c1-4-5-6-11-20-14-9-7-13(12-15(14)18-2)8-10-16(17)19-3/h7,9,12H,4-6,8,10-11H2,1-3H3. The fourth-order valence-electron chi connectivity index (χ4n) is 1.87. The predicted octanol–water partition coefficient (Wildman–Crippen LogP) is 3.37. The molecule has 0 radical (unpaired) electrons. The molecule has 1 aromatic carbocycles. The van der Waals surface area contributed by atoms with Gasteiger partial charge in [0.2, 0.25) is 0 Å². The maximum atomic E-state index is 11.1. The van der Waals surface area contributed by atoms with Crippen molar-refractivity contribution in [1.29, 1.82) is 0 Å². The lowest BCUT2D eigenvalue weighted by Gasteiger charge is -2.12. The molecular weight excluding hydrogens is 256 g/mol. The van der Waals surface area contributed by atoms with Gasteiger partial charge in [0.1, 0.15) is 0 Å². The zero-order valence-electron chi connectivity index (χ0n) is 12.6. The van der Waals surface area contributed by atoms with Crippen molar-refractivity contribution in [1.82, 2.24) is 0 Å². The van der Waals surface area contributed by atoms with E-state index in [4.69, 9.17) is 9.47 Å². The molecule has 0 aromatic heterocycles. The number of ether oxygens (including phenoxy) is 3. The molecule has 0 aliphatic heterocycles. The molecule has 1 aromatic rings. The molecule has 0 heterocycles. The summed E-state index contributed by atoms with van der Waals surface area (Å²) in [6.07, 6.45) is 4.39. The van der Waals surface area contributed by atoms with E-state index >= 15 is 0 Å². The van der Waals surface area contributed by atoms with Crippen LogP contribution >= 0.6 is 0 Å². The second-order valence-corrected chi connectivity index (χ2v) is 4.62. The highest BCUT2D eigenvalue weighted by atomic mass is 16.5. The molecule has 112 valence electrons. The first-order valence-electron chi connectivity index (χ1n) is 7.07. The molecule has 0 fully saturated rings. The van der Waals surface area contributed by atoms with E-state index in [9.17, 15) is 4.79 Å². The average molecular weight is 280 g/mol. The highest BCUT2D eigenvalue weighted by Crippen LogP contribution is 2.28. The van der Waals surface area contributed by atoms with E-state index in [2.05, 4.69) is 11.7 Å². The van der Waals surface area contributed by atoms with Crippen LogP contribution in [0.1, 0.15) is 38.2 Å². The molecule has 0 N–H and O–H groups in total. The Kier molecular flexibility index (Phi) is 7.55. The number of methoxy groups -OCH3 is 2. The van der Waals surface area contributed by atoms with E-state index in [1.54, 1.807) is 7.11 Å². The lowest BCUT2D eigenvalue weighted by atomic mass is 10.1. The summed E-state index contributed by atoms with van der Waals surface area (Å²) in [5, 5.41) is 0. The van der Waals surface area contributed by atoms with Crippen LogP contribution in [0.15, 0.2) is 18.2 Å². The minimum atomic E-state index is -0.205. The van der Waals surface area contributed by atoms with Crippen LogP contribution in [0.3, 0.4) is 0 Å². The number of unbranched alkanes of at least 4 members (excludes halogenated alkanes) is 2. The van der Waals surface area contributed by atoms with Gasteiger partial charge in [-0.25, -0.2) is 0 Å². The zero-order chi connectivity index (χ0) is 14.8. The van der Waals surface area contributed by atoms with Gasteiger partial charge >= 0.3 is 5.97 Å². The number of rotatable bonds is 9. The highest BCUT2D eigenvalue weighted by Gasteiger charge is 2.07. The van der Waals surface area contributed by atoms with Crippen LogP contribution in [0.2, 0.25) is 0 Å². The maximum absolute atomic E-state index is 11.1. The molecule has 0 amide bonds. The molecule has 0 spiro atoms. The summed E-state index contributed by atoms with van der Waals surface area (Å²) in [6, 6.07) is 5.77. The second-order valence-electron chi connectivity index (χ2n) is 4.62. The molecular formula is C16H24O4. The van der Waals surface area contributed by atoms with Gasteiger partial charge in [0.25, 0.3) is 0 Å². The Hall–Kier alpha value is -1.71. The van der Waals surface area contributed by atoms with Gasteiger partial charge in [-0.1, -0.05) is 25.8 Å². The lowest BCUT2D eigenvalue weighted by molar-refractivity contribution is -0.140. The van der Waals surface area contributed by atoms with Gasteiger partial charge in [0, 0.05) is 6.42 Å². The third-order valence-electron chi connectivity index (χ3n) is 3.08. The minimum Gasteiger partial charge on any atom is -0.493 e. The molecule has 0 aliphatic carbocycles. The van der Waals surface area contributed by atoms with Gasteiger partial charge in [0.15, 0.2) is 11.5 Å². The molecule has 0 saturated carbocycles. The first-order chi connectivity index (χ1) is 9.71. The predicted molar refractivity (Wildman–Crippen MR) is 78.4 cm³/mol. The summed E-state index contributed by atoms with van der Waals surface area (Å²) in [5.74, 6) is 1.26. The van der Waals surface area contributed by atoms with E-state index < -0.39 is 0 Å². The molecule has 1 rings (SSSR count). The van der Waals surface area contributed by atoms with Gasteiger partial charge in [-0.3, -0.25) is 4.79 Å².